The van der Waals surface area contributed by atoms with Crippen LogP contribution in [-0.2, 0) is 21.9 Å². The van der Waals surface area contributed by atoms with E-state index in [2.05, 4.69) is 4.72 Å². The van der Waals surface area contributed by atoms with Crippen molar-refractivity contribution in [1.29, 1.82) is 0 Å². The number of sulfonamides is 1. The molecule has 38 heavy (non-hydrogen) atoms. The fraction of sp³-hybridized carbons (Fsp3) is 0.345. The molecule has 7 nitrogen and oxygen atoms in total. The molecule has 0 saturated heterocycles. The van der Waals surface area contributed by atoms with Gasteiger partial charge in [-0.15, -0.1) is 0 Å². The molecule has 0 fully saturated rings. The number of hydrogen-bond donors (Lipinski definition) is 1. The second-order valence-corrected chi connectivity index (χ2v) is 13.1. The van der Waals surface area contributed by atoms with Crippen molar-refractivity contribution in [3.8, 4) is 0 Å². The van der Waals surface area contributed by atoms with Crippen molar-refractivity contribution in [1.82, 2.24) is 0 Å². The van der Waals surface area contributed by atoms with E-state index < -0.39 is 15.9 Å². The summed E-state index contributed by atoms with van der Waals surface area (Å²) in [7, 11) is -4.06. The highest BCUT2D eigenvalue weighted by atomic mass is 35.5. The zero-order valence-corrected chi connectivity index (χ0v) is 23.6. The third-order valence-corrected chi connectivity index (χ3v) is 8.75. The smallest absolute Gasteiger partial charge is 0.261 e. The fourth-order valence-electron chi connectivity index (χ4n) is 4.81. The van der Waals surface area contributed by atoms with Gasteiger partial charge in [0.05, 0.1) is 21.2 Å². The van der Waals surface area contributed by atoms with Gasteiger partial charge in [-0.25, -0.2) is 8.42 Å². The van der Waals surface area contributed by atoms with E-state index in [0.717, 1.165) is 15.9 Å². The van der Waals surface area contributed by atoms with Gasteiger partial charge in [-0.1, -0.05) is 51.4 Å². The number of anilines is 1. The monoisotopic (exact) mass is 554 g/mol. The number of pyridine rings is 1. The summed E-state index contributed by atoms with van der Waals surface area (Å²) in [4.78, 5) is 27.0. The lowest BCUT2D eigenvalue weighted by Crippen LogP contribution is -2.37. The van der Waals surface area contributed by atoms with Crippen LogP contribution < -0.4 is 9.45 Å². The predicted octanol–water partition coefficient (Wildman–Crippen LogP) is 5.64. The standard InChI is InChI=1S/C29H31ClN2O5S/c1-17-6-9-20(32(35)16-17)14-18(2)22-15-25(33)26-23(30)12-13-24(27(26)28(22)34)31-38(36,37)21-10-7-19(8-11-21)29(3,4)5/h6-13,16,18,22,31H,14-15H2,1-5H3. The zero-order valence-electron chi connectivity index (χ0n) is 22.0. The summed E-state index contributed by atoms with van der Waals surface area (Å²) in [5.74, 6) is -1.80. The maximum atomic E-state index is 13.8. The number of carbonyl (C=O) groups excluding carboxylic acids is 2. The van der Waals surface area contributed by atoms with Crippen molar-refractivity contribution in [2.24, 2.45) is 11.8 Å². The predicted molar refractivity (Wildman–Crippen MR) is 147 cm³/mol. The van der Waals surface area contributed by atoms with Crippen molar-refractivity contribution >= 4 is 38.9 Å². The minimum atomic E-state index is -4.06. The van der Waals surface area contributed by atoms with Gasteiger partial charge in [0.15, 0.2) is 23.5 Å². The molecule has 0 spiro atoms. The number of aryl methyl sites for hydroxylation is 1. The largest absolute Gasteiger partial charge is 0.618 e. The van der Waals surface area contributed by atoms with Crippen LogP contribution in [0.25, 0.3) is 0 Å². The number of fused-ring (bicyclic) bond motifs is 1. The maximum absolute atomic E-state index is 13.8. The first kappa shape index (κ1) is 27.8. The molecule has 0 amide bonds. The Labute approximate surface area is 228 Å². The molecule has 1 aliphatic carbocycles. The topological polar surface area (TPSA) is 107 Å². The maximum Gasteiger partial charge on any atom is 0.261 e. The summed E-state index contributed by atoms with van der Waals surface area (Å²) in [6, 6.07) is 12.9. The number of rotatable bonds is 6. The highest BCUT2D eigenvalue weighted by molar-refractivity contribution is 7.92. The van der Waals surface area contributed by atoms with E-state index in [0.29, 0.717) is 5.69 Å². The van der Waals surface area contributed by atoms with E-state index in [1.54, 1.807) is 18.2 Å². The van der Waals surface area contributed by atoms with E-state index in [1.807, 2.05) is 40.7 Å². The number of carbonyl (C=O) groups is 2. The summed E-state index contributed by atoms with van der Waals surface area (Å²) < 4.78 is 29.8. The number of nitrogens with zero attached hydrogens (tertiary/aromatic N) is 1. The molecule has 1 aromatic heterocycles. The van der Waals surface area contributed by atoms with E-state index in [4.69, 9.17) is 11.6 Å². The number of hydrogen-bond acceptors (Lipinski definition) is 5. The van der Waals surface area contributed by atoms with Crippen molar-refractivity contribution in [2.45, 2.75) is 57.8 Å². The van der Waals surface area contributed by atoms with Crippen molar-refractivity contribution in [3.63, 3.8) is 0 Å². The SMILES string of the molecule is Cc1ccc(CC(C)C2CC(=O)c3c(Cl)ccc(NS(=O)(=O)c4ccc(C(C)(C)C)cc4)c3C2=O)[n+]([O-])c1. The van der Waals surface area contributed by atoms with Crippen LogP contribution in [0.5, 0.6) is 0 Å². The Balaban J connectivity index is 1.68. The molecule has 2 aromatic carbocycles. The van der Waals surface area contributed by atoms with Gasteiger partial charge in [0.2, 0.25) is 0 Å². The van der Waals surface area contributed by atoms with E-state index in [9.17, 15) is 23.2 Å². The first-order chi connectivity index (χ1) is 17.7. The molecular formula is C29H31ClN2O5S. The van der Waals surface area contributed by atoms with Gasteiger partial charge in [-0.05, 0) is 54.2 Å². The van der Waals surface area contributed by atoms with Gasteiger partial charge in [0, 0.05) is 36.0 Å². The summed E-state index contributed by atoms with van der Waals surface area (Å²) in [6.45, 7) is 9.72. The Morgan fingerprint density at radius 3 is 2.32 bits per heavy atom. The molecule has 9 heteroatoms. The molecule has 4 rings (SSSR count). The molecule has 1 aliphatic rings. The Bertz CT molecular complexity index is 1530. The van der Waals surface area contributed by atoms with E-state index in [1.165, 1.54) is 30.5 Å². The quantitative estimate of drug-likeness (QED) is 0.313. The number of Topliss-reactive ketones (excluding diaryl/α,β-unsaturated/α-hetero) is 2. The molecule has 2 unspecified atom stereocenters. The molecule has 2 atom stereocenters. The highest BCUT2D eigenvalue weighted by Gasteiger charge is 2.40. The molecule has 0 saturated carbocycles. The normalized spacial score (nSPS) is 16.7. The Hall–Kier alpha value is -3.23. The van der Waals surface area contributed by atoms with Gasteiger partial charge >= 0.3 is 0 Å². The van der Waals surface area contributed by atoms with Crippen LogP contribution >= 0.6 is 11.6 Å². The van der Waals surface area contributed by atoms with Crippen LogP contribution in [0.2, 0.25) is 5.02 Å². The molecular weight excluding hydrogens is 524 g/mol. The number of aromatic nitrogens is 1. The van der Waals surface area contributed by atoms with Gasteiger partial charge < -0.3 is 5.21 Å². The molecule has 3 aromatic rings. The number of ketones is 2. The van der Waals surface area contributed by atoms with Crippen LogP contribution in [0.15, 0.2) is 59.6 Å². The number of halogens is 1. The van der Waals surface area contributed by atoms with Crippen molar-refractivity contribution in [3.05, 3.63) is 92.9 Å². The average molecular weight is 555 g/mol. The number of nitrogens with one attached hydrogen (secondary N) is 1. The first-order valence-electron chi connectivity index (χ1n) is 12.4. The summed E-state index contributed by atoms with van der Waals surface area (Å²) >= 11 is 6.32. The molecule has 0 radical (unpaired) electrons. The molecule has 1 heterocycles. The van der Waals surface area contributed by atoms with Crippen LogP contribution in [-0.4, -0.2) is 20.0 Å². The van der Waals surface area contributed by atoms with Gasteiger partial charge in [0.25, 0.3) is 10.0 Å². The summed E-state index contributed by atoms with van der Waals surface area (Å²) in [5.41, 5.74) is 2.14. The van der Waals surface area contributed by atoms with Crippen molar-refractivity contribution in [2.75, 3.05) is 4.72 Å². The van der Waals surface area contributed by atoms with Crippen molar-refractivity contribution < 1.29 is 22.7 Å². The highest BCUT2D eigenvalue weighted by Crippen LogP contribution is 2.39. The van der Waals surface area contributed by atoms with Crippen LogP contribution in [0.1, 0.15) is 71.7 Å². The summed E-state index contributed by atoms with van der Waals surface area (Å²) in [5, 5.41) is 12.4. The molecule has 0 bridgehead atoms. The fourth-order valence-corrected chi connectivity index (χ4v) is 6.14. The lowest BCUT2D eigenvalue weighted by atomic mass is 9.74. The average Bonchev–Trinajstić information content (AvgIpc) is 2.83. The lowest BCUT2D eigenvalue weighted by Gasteiger charge is -2.29. The van der Waals surface area contributed by atoms with Crippen LogP contribution in [0, 0.1) is 24.0 Å². The van der Waals surface area contributed by atoms with Gasteiger partial charge in [0.1, 0.15) is 0 Å². The van der Waals surface area contributed by atoms with Gasteiger partial charge in [-0.2, -0.15) is 4.73 Å². The Kier molecular flexibility index (Phi) is 7.43. The Morgan fingerprint density at radius 2 is 1.71 bits per heavy atom. The first-order valence-corrected chi connectivity index (χ1v) is 14.3. The second kappa shape index (κ2) is 10.2. The second-order valence-electron chi connectivity index (χ2n) is 11.0. The minimum Gasteiger partial charge on any atom is -0.618 e. The minimum absolute atomic E-state index is 0.00812. The third kappa shape index (κ3) is 5.47. The molecule has 200 valence electrons. The van der Waals surface area contributed by atoms with Crippen LogP contribution in [0.3, 0.4) is 0 Å². The van der Waals surface area contributed by atoms with E-state index in [-0.39, 0.29) is 62.5 Å². The Morgan fingerprint density at radius 1 is 1.05 bits per heavy atom. The molecule has 1 N–H and O–H groups in total. The lowest BCUT2D eigenvalue weighted by molar-refractivity contribution is -0.614. The number of benzene rings is 2. The van der Waals surface area contributed by atoms with E-state index >= 15 is 0 Å². The van der Waals surface area contributed by atoms with Gasteiger partial charge in [-0.3, -0.25) is 14.3 Å². The zero-order chi connectivity index (χ0) is 28.0. The molecule has 0 aliphatic heterocycles. The van der Waals surface area contributed by atoms with Crippen LogP contribution in [0.4, 0.5) is 5.69 Å². The third-order valence-electron chi connectivity index (χ3n) is 7.06. The summed E-state index contributed by atoms with van der Waals surface area (Å²) in [6.07, 6.45) is 1.68.